The van der Waals surface area contributed by atoms with Crippen LogP contribution in [0.25, 0.3) is 11.4 Å². The quantitative estimate of drug-likeness (QED) is 0.0645. The molecule has 1 amide bonds. The van der Waals surface area contributed by atoms with E-state index in [1.165, 1.54) is 28.0 Å². The van der Waals surface area contributed by atoms with Crippen LogP contribution >= 0.6 is 46.3 Å². The Bertz CT molecular complexity index is 1960. The molecule has 0 radical (unpaired) electrons. The average Bonchev–Trinajstić information content (AvgIpc) is 3.65. The number of hydrogen-bond donors (Lipinski definition) is 1. The molecule has 3 aromatic heterocycles. The van der Waals surface area contributed by atoms with Crippen LogP contribution in [0.3, 0.4) is 0 Å². The monoisotopic (exact) mass is 663 g/mol. The standard InChI is InChI=1S/C32H27Cl2N5O3S2/c1-17-25(38-14-6-5-7-23(38)35-17)27(40)24-26(18-8-11-20(12-9-18)32(2,3)4)39(29(42)28(24)41)30-36-37-31(44-30)43-16-19-10-13-21(33)15-22(19)34/h5-15,26,40H,16H2,1-4H3. The van der Waals surface area contributed by atoms with Gasteiger partial charge in [0.2, 0.25) is 5.13 Å². The number of ketones is 1. The van der Waals surface area contributed by atoms with Gasteiger partial charge in [0, 0.05) is 22.0 Å². The lowest BCUT2D eigenvalue weighted by Crippen LogP contribution is -2.29. The highest BCUT2D eigenvalue weighted by Crippen LogP contribution is 2.45. The third-order valence-corrected chi connectivity index (χ3v) is 10.1. The predicted molar refractivity (Wildman–Crippen MR) is 176 cm³/mol. The molecule has 8 nitrogen and oxygen atoms in total. The number of carbonyl (C=O) groups excluding carboxylic acids is 2. The summed E-state index contributed by atoms with van der Waals surface area (Å²) in [4.78, 5) is 33.3. The van der Waals surface area contributed by atoms with Gasteiger partial charge in [-0.3, -0.25) is 18.9 Å². The third kappa shape index (κ3) is 5.51. The summed E-state index contributed by atoms with van der Waals surface area (Å²) < 4.78 is 2.30. The van der Waals surface area contributed by atoms with E-state index in [4.69, 9.17) is 23.2 Å². The molecular weight excluding hydrogens is 637 g/mol. The van der Waals surface area contributed by atoms with Gasteiger partial charge in [-0.05, 0) is 53.3 Å². The number of pyridine rings is 1. The van der Waals surface area contributed by atoms with Crippen LogP contribution < -0.4 is 4.90 Å². The number of rotatable bonds is 6. The fourth-order valence-corrected chi connectivity index (χ4v) is 7.60. The van der Waals surface area contributed by atoms with Crippen LogP contribution in [0, 0.1) is 6.92 Å². The van der Waals surface area contributed by atoms with Crippen molar-refractivity contribution >= 4 is 74.5 Å². The molecule has 1 saturated heterocycles. The van der Waals surface area contributed by atoms with E-state index < -0.39 is 17.7 Å². The number of aliphatic hydroxyl groups is 1. The fourth-order valence-electron chi connectivity index (χ4n) is 5.17. The lowest BCUT2D eigenvalue weighted by molar-refractivity contribution is -0.132. The summed E-state index contributed by atoms with van der Waals surface area (Å²) in [6.45, 7) is 8.09. The molecule has 1 aliphatic rings. The van der Waals surface area contributed by atoms with E-state index >= 15 is 0 Å². The average molecular weight is 665 g/mol. The molecule has 1 unspecified atom stereocenters. The summed E-state index contributed by atoms with van der Waals surface area (Å²) in [6, 6.07) is 17.6. The summed E-state index contributed by atoms with van der Waals surface area (Å²) in [5, 5.41) is 21.7. The SMILES string of the molecule is Cc1nc2ccccn2c1C(O)=C1C(=O)C(=O)N(c2nnc(SCc3ccc(Cl)cc3Cl)s2)C1c1ccc(C(C)(C)C)cc1. The second kappa shape index (κ2) is 11.7. The topological polar surface area (TPSA) is 101 Å². The third-order valence-electron chi connectivity index (χ3n) is 7.43. The molecule has 44 heavy (non-hydrogen) atoms. The maximum absolute atomic E-state index is 13.8. The zero-order valence-electron chi connectivity index (χ0n) is 24.2. The van der Waals surface area contributed by atoms with Crippen molar-refractivity contribution in [2.24, 2.45) is 0 Å². The van der Waals surface area contributed by atoms with Crippen LogP contribution in [-0.4, -0.2) is 36.4 Å². The van der Waals surface area contributed by atoms with Gasteiger partial charge in [0.25, 0.3) is 5.78 Å². The van der Waals surface area contributed by atoms with Crippen LogP contribution in [0.2, 0.25) is 10.0 Å². The van der Waals surface area contributed by atoms with Crippen LogP contribution in [0.4, 0.5) is 5.13 Å². The lowest BCUT2D eigenvalue weighted by Gasteiger charge is -2.24. The van der Waals surface area contributed by atoms with Gasteiger partial charge in [-0.1, -0.05) is 103 Å². The van der Waals surface area contributed by atoms with Crippen molar-refractivity contribution in [1.82, 2.24) is 19.6 Å². The van der Waals surface area contributed by atoms with Crippen LogP contribution in [0.1, 0.15) is 54.9 Å². The molecule has 1 fully saturated rings. The van der Waals surface area contributed by atoms with Gasteiger partial charge in [0.15, 0.2) is 10.1 Å². The fraction of sp³-hybridized carbons (Fsp3) is 0.219. The van der Waals surface area contributed by atoms with Crippen molar-refractivity contribution in [2.45, 2.75) is 49.2 Å². The van der Waals surface area contributed by atoms with Crippen molar-refractivity contribution in [3.63, 3.8) is 0 Å². The number of anilines is 1. The minimum atomic E-state index is -0.936. The van der Waals surface area contributed by atoms with Crippen LogP contribution in [0.5, 0.6) is 0 Å². The molecular formula is C32H27Cl2N5O3S2. The van der Waals surface area contributed by atoms with Gasteiger partial charge in [-0.25, -0.2) is 4.98 Å². The highest BCUT2D eigenvalue weighted by molar-refractivity contribution is 8.00. The van der Waals surface area contributed by atoms with Gasteiger partial charge < -0.3 is 5.11 Å². The number of carbonyl (C=O) groups is 2. The minimum absolute atomic E-state index is 0.0374. The van der Waals surface area contributed by atoms with Crippen LogP contribution in [0.15, 0.2) is 76.8 Å². The summed E-state index contributed by atoms with van der Waals surface area (Å²) in [7, 11) is 0. The van der Waals surface area contributed by atoms with Gasteiger partial charge in [0.1, 0.15) is 11.3 Å². The first-order valence-corrected chi connectivity index (χ1v) is 16.3. The minimum Gasteiger partial charge on any atom is -0.505 e. The highest BCUT2D eigenvalue weighted by Gasteiger charge is 2.49. The Morgan fingerprint density at radius 3 is 2.50 bits per heavy atom. The number of nitrogens with zero attached hydrogens (tertiary/aromatic N) is 5. The Labute approximate surface area is 272 Å². The van der Waals surface area contributed by atoms with Gasteiger partial charge in [0.05, 0.1) is 17.3 Å². The van der Waals surface area contributed by atoms with E-state index in [1.54, 1.807) is 29.7 Å². The molecule has 0 bridgehead atoms. The normalized spacial score (nSPS) is 16.8. The van der Waals surface area contributed by atoms with E-state index in [0.29, 0.717) is 42.7 Å². The van der Waals surface area contributed by atoms with Crippen molar-refractivity contribution in [1.29, 1.82) is 0 Å². The number of benzene rings is 2. The number of aryl methyl sites for hydroxylation is 1. The second-order valence-electron chi connectivity index (χ2n) is 11.4. The Morgan fingerprint density at radius 1 is 1.05 bits per heavy atom. The molecule has 2 aromatic carbocycles. The molecule has 6 rings (SSSR count). The Kier molecular flexibility index (Phi) is 8.04. The first kappa shape index (κ1) is 30.3. The Balaban J connectivity index is 1.44. The maximum Gasteiger partial charge on any atom is 0.301 e. The van der Waals surface area contributed by atoms with E-state index in [1.807, 2.05) is 48.5 Å². The van der Waals surface area contributed by atoms with Crippen molar-refractivity contribution in [3.8, 4) is 0 Å². The molecule has 1 aliphatic heterocycles. The number of hydrogen-bond acceptors (Lipinski definition) is 8. The van der Waals surface area contributed by atoms with Crippen LogP contribution in [-0.2, 0) is 20.8 Å². The summed E-state index contributed by atoms with van der Waals surface area (Å²) in [5.74, 6) is -1.40. The van der Waals surface area contributed by atoms with E-state index in [0.717, 1.165) is 11.1 Å². The number of thioether (sulfide) groups is 1. The highest BCUT2D eigenvalue weighted by atomic mass is 35.5. The molecule has 4 heterocycles. The number of aliphatic hydroxyl groups excluding tert-OH is 1. The van der Waals surface area contributed by atoms with Crippen molar-refractivity contribution in [3.05, 3.63) is 111 Å². The van der Waals surface area contributed by atoms with E-state index in [9.17, 15) is 14.7 Å². The molecule has 0 saturated carbocycles. The number of fused-ring (bicyclic) bond motifs is 1. The predicted octanol–water partition coefficient (Wildman–Crippen LogP) is 8.02. The zero-order chi connectivity index (χ0) is 31.3. The van der Waals surface area contributed by atoms with Gasteiger partial charge >= 0.3 is 5.91 Å². The second-order valence-corrected chi connectivity index (χ2v) is 14.4. The molecule has 224 valence electrons. The lowest BCUT2D eigenvalue weighted by atomic mass is 9.85. The van der Waals surface area contributed by atoms with Crippen molar-refractivity contribution < 1.29 is 14.7 Å². The largest absolute Gasteiger partial charge is 0.505 e. The maximum atomic E-state index is 13.8. The smallest absolute Gasteiger partial charge is 0.301 e. The molecule has 5 aromatic rings. The molecule has 12 heteroatoms. The Hall–Kier alpha value is -3.70. The van der Waals surface area contributed by atoms with E-state index in [2.05, 4.69) is 36.0 Å². The number of amides is 1. The molecule has 0 spiro atoms. The summed E-state index contributed by atoms with van der Waals surface area (Å²) in [5.41, 5.74) is 3.96. The number of aromatic nitrogens is 4. The number of halogens is 2. The van der Waals surface area contributed by atoms with E-state index in [-0.39, 0.29) is 21.9 Å². The zero-order valence-corrected chi connectivity index (χ0v) is 27.4. The number of imidazole rings is 1. The molecule has 1 atom stereocenters. The molecule has 0 aliphatic carbocycles. The first-order chi connectivity index (χ1) is 20.9. The van der Waals surface area contributed by atoms with Crippen molar-refractivity contribution in [2.75, 3.05) is 4.90 Å². The molecule has 1 N–H and O–H groups in total. The summed E-state index contributed by atoms with van der Waals surface area (Å²) >= 11 is 15.0. The first-order valence-electron chi connectivity index (χ1n) is 13.7. The number of Topliss-reactive ketones (excluding diaryl/α,β-unsaturated/α-hetero) is 1. The summed E-state index contributed by atoms with van der Waals surface area (Å²) in [6.07, 6.45) is 1.76. The van der Waals surface area contributed by atoms with Gasteiger partial charge in [-0.15, -0.1) is 10.2 Å². The Morgan fingerprint density at radius 2 is 1.80 bits per heavy atom. The van der Waals surface area contributed by atoms with Gasteiger partial charge in [-0.2, -0.15) is 0 Å².